The summed E-state index contributed by atoms with van der Waals surface area (Å²) in [5, 5.41) is 2.91. The lowest BCUT2D eigenvalue weighted by Gasteiger charge is -2.11. The lowest BCUT2D eigenvalue weighted by Crippen LogP contribution is -2.28. The molecule has 0 aliphatic heterocycles. The molecule has 0 saturated carbocycles. The molecule has 2 atom stereocenters. The molecule has 0 fully saturated rings. The van der Waals surface area contributed by atoms with Crippen LogP contribution in [-0.2, 0) is 10.8 Å². The number of nitrogen functional groups attached to an aromatic ring is 1. The smallest absolute Gasteiger partial charge is 0.251 e. The first-order chi connectivity index (χ1) is 8.43. The van der Waals surface area contributed by atoms with Gasteiger partial charge in [0.05, 0.1) is 0 Å². The Morgan fingerprint density at radius 2 is 2.17 bits per heavy atom. The Kier molecular flexibility index (Phi) is 5.34. The fraction of sp³-hybridized carbons (Fsp3) is 0.462. The van der Waals surface area contributed by atoms with Crippen LogP contribution < -0.4 is 11.1 Å². The predicted octanol–water partition coefficient (Wildman–Crippen LogP) is 1.46. The third-order valence-corrected chi connectivity index (χ3v) is 4.39. The Labute approximate surface area is 110 Å². The van der Waals surface area contributed by atoms with E-state index in [1.807, 2.05) is 13.8 Å². The molecule has 1 rings (SSSR count). The summed E-state index contributed by atoms with van der Waals surface area (Å²) in [7, 11) is -0.849. The molecule has 0 heterocycles. The van der Waals surface area contributed by atoms with E-state index in [2.05, 4.69) is 5.32 Å². The normalized spacial score (nSPS) is 13.9. The molecule has 100 valence electrons. The molecular weight excluding hydrogens is 248 g/mol. The molecule has 0 bridgehead atoms. The van der Waals surface area contributed by atoms with Crippen molar-refractivity contribution in [1.29, 1.82) is 0 Å². The molecule has 0 aromatic heterocycles. The van der Waals surface area contributed by atoms with Crippen LogP contribution in [0, 0.1) is 6.92 Å². The highest BCUT2D eigenvalue weighted by Crippen LogP contribution is 2.15. The van der Waals surface area contributed by atoms with E-state index in [9.17, 15) is 9.00 Å². The lowest BCUT2D eigenvalue weighted by atomic mass is 10.1. The van der Waals surface area contributed by atoms with Crippen LogP contribution in [0.4, 0.5) is 5.69 Å². The zero-order valence-corrected chi connectivity index (χ0v) is 11.8. The van der Waals surface area contributed by atoms with E-state index in [-0.39, 0.29) is 11.2 Å². The number of nitrogens with one attached hydrogen (secondary N) is 1. The summed E-state index contributed by atoms with van der Waals surface area (Å²) in [5.74, 6) is -0.131. The van der Waals surface area contributed by atoms with Crippen molar-refractivity contribution in [3.8, 4) is 0 Å². The van der Waals surface area contributed by atoms with Gasteiger partial charge in [-0.15, -0.1) is 0 Å². The molecule has 4 nitrogen and oxygen atoms in total. The van der Waals surface area contributed by atoms with Crippen LogP contribution in [0.2, 0.25) is 0 Å². The minimum Gasteiger partial charge on any atom is -0.398 e. The molecule has 3 N–H and O–H groups in total. The highest BCUT2D eigenvalue weighted by molar-refractivity contribution is 7.84. The summed E-state index contributed by atoms with van der Waals surface area (Å²) in [4.78, 5) is 11.9. The van der Waals surface area contributed by atoms with E-state index in [0.717, 1.165) is 5.56 Å². The minimum atomic E-state index is -0.849. The Balaban J connectivity index is 2.56. The van der Waals surface area contributed by atoms with E-state index in [1.165, 1.54) is 0 Å². The van der Waals surface area contributed by atoms with Crippen molar-refractivity contribution < 1.29 is 9.00 Å². The molecule has 2 unspecified atom stereocenters. The number of rotatable bonds is 5. The van der Waals surface area contributed by atoms with E-state index < -0.39 is 10.8 Å². The maximum Gasteiger partial charge on any atom is 0.251 e. The van der Waals surface area contributed by atoms with Crippen LogP contribution in [0.15, 0.2) is 18.2 Å². The number of benzene rings is 1. The maximum atomic E-state index is 11.9. The summed E-state index contributed by atoms with van der Waals surface area (Å²) in [6.45, 7) is 4.26. The quantitative estimate of drug-likeness (QED) is 0.794. The molecule has 1 amide bonds. The van der Waals surface area contributed by atoms with Gasteiger partial charge in [0.1, 0.15) is 0 Å². The van der Waals surface area contributed by atoms with Crippen LogP contribution >= 0.6 is 0 Å². The number of nitrogens with two attached hydrogens (primary N) is 1. The Morgan fingerprint density at radius 1 is 1.50 bits per heavy atom. The number of hydrogen-bond donors (Lipinski definition) is 2. The van der Waals surface area contributed by atoms with Crippen LogP contribution in [0.3, 0.4) is 0 Å². The molecule has 0 aliphatic rings. The average molecular weight is 268 g/mol. The number of anilines is 1. The predicted molar refractivity (Wildman–Crippen MR) is 76.1 cm³/mol. The number of hydrogen-bond acceptors (Lipinski definition) is 3. The molecule has 1 aromatic carbocycles. The van der Waals surface area contributed by atoms with E-state index in [1.54, 1.807) is 24.5 Å². The molecular formula is C13H20N2O2S. The third kappa shape index (κ3) is 3.84. The number of carbonyl (C=O) groups excluding carboxylic acids is 1. The van der Waals surface area contributed by atoms with E-state index in [0.29, 0.717) is 24.2 Å². The van der Waals surface area contributed by atoms with Gasteiger partial charge in [-0.3, -0.25) is 9.00 Å². The SMILES string of the molecule is Cc1c(N)cccc1C(=O)NCCC(C)S(C)=O. The summed E-state index contributed by atoms with van der Waals surface area (Å²) < 4.78 is 11.2. The van der Waals surface area contributed by atoms with E-state index >= 15 is 0 Å². The minimum absolute atomic E-state index is 0.0900. The summed E-state index contributed by atoms with van der Waals surface area (Å²) >= 11 is 0. The third-order valence-electron chi connectivity index (χ3n) is 3.02. The Morgan fingerprint density at radius 3 is 2.78 bits per heavy atom. The number of amides is 1. The summed E-state index contributed by atoms with van der Waals surface area (Å²) in [6.07, 6.45) is 2.38. The van der Waals surface area contributed by atoms with Gasteiger partial charge in [0.15, 0.2) is 0 Å². The molecule has 1 aromatic rings. The maximum absolute atomic E-state index is 11.9. The molecule has 5 heteroatoms. The fourth-order valence-corrected chi connectivity index (χ4v) is 2.00. The molecule has 0 aliphatic carbocycles. The highest BCUT2D eigenvalue weighted by atomic mass is 32.2. The fourth-order valence-electron chi connectivity index (χ4n) is 1.55. The number of carbonyl (C=O) groups is 1. The average Bonchev–Trinajstić information content (AvgIpc) is 2.32. The van der Waals surface area contributed by atoms with Gasteiger partial charge in [-0.1, -0.05) is 13.0 Å². The van der Waals surface area contributed by atoms with Crippen LogP contribution in [0.25, 0.3) is 0 Å². The van der Waals surface area contributed by atoms with Crippen molar-refractivity contribution in [1.82, 2.24) is 5.32 Å². The van der Waals surface area contributed by atoms with Crippen LogP contribution in [0.5, 0.6) is 0 Å². The first-order valence-electron chi connectivity index (χ1n) is 5.89. The highest BCUT2D eigenvalue weighted by Gasteiger charge is 2.11. The lowest BCUT2D eigenvalue weighted by molar-refractivity contribution is 0.0952. The van der Waals surface area contributed by atoms with Crippen molar-refractivity contribution >= 4 is 22.4 Å². The van der Waals surface area contributed by atoms with Crippen molar-refractivity contribution in [2.24, 2.45) is 0 Å². The monoisotopic (exact) mass is 268 g/mol. The van der Waals surface area contributed by atoms with Crippen molar-refractivity contribution in [2.75, 3.05) is 18.5 Å². The molecule has 0 saturated heterocycles. The first kappa shape index (κ1) is 14.7. The van der Waals surface area contributed by atoms with E-state index in [4.69, 9.17) is 5.73 Å². The van der Waals surface area contributed by atoms with Gasteiger partial charge in [-0.25, -0.2) is 0 Å². The summed E-state index contributed by atoms with van der Waals surface area (Å²) in [5.41, 5.74) is 7.76. The van der Waals surface area contributed by atoms with Crippen molar-refractivity contribution in [2.45, 2.75) is 25.5 Å². The van der Waals surface area contributed by atoms with Crippen molar-refractivity contribution in [3.63, 3.8) is 0 Å². The van der Waals surface area contributed by atoms with Gasteiger partial charge in [-0.05, 0) is 31.0 Å². The van der Waals surface area contributed by atoms with Gasteiger partial charge in [0, 0.05) is 40.1 Å². The van der Waals surface area contributed by atoms with Crippen LogP contribution in [-0.4, -0.2) is 28.2 Å². The molecule has 0 spiro atoms. The summed E-state index contributed by atoms with van der Waals surface area (Å²) in [6, 6.07) is 5.29. The largest absolute Gasteiger partial charge is 0.398 e. The second-order valence-corrected chi connectivity index (χ2v) is 6.18. The van der Waals surface area contributed by atoms with Gasteiger partial charge < -0.3 is 11.1 Å². The van der Waals surface area contributed by atoms with Gasteiger partial charge in [-0.2, -0.15) is 0 Å². The zero-order chi connectivity index (χ0) is 13.7. The second-order valence-electron chi connectivity index (χ2n) is 4.37. The topological polar surface area (TPSA) is 72.2 Å². The Bertz CT molecular complexity index is 460. The van der Waals surface area contributed by atoms with Gasteiger partial charge in [0.25, 0.3) is 5.91 Å². The first-order valence-corrected chi connectivity index (χ1v) is 7.51. The van der Waals surface area contributed by atoms with Crippen LogP contribution in [0.1, 0.15) is 29.3 Å². The standard InChI is InChI=1S/C13H20N2O2S/c1-9(18(3)17)7-8-15-13(16)11-5-4-6-12(14)10(11)2/h4-6,9H,7-8,14H2,1-3H3,(H,15,16). The van der Waals surface area contributed by atoms with Crippen molar-refractivity contribution in [3.05, 3.63) is 29.3 Å². The Hall–Kier alpha value is -1.36. The zero-order valence-electron chi connectivity index (χ0n) is 11.0. The second kappa shape index (κ2) is 6.54. The van der Waals surface area contributed by atoms with Gasteiger partial charge >= 0.3 is 0 Å². The van der Waals surface area contributed by atoms with Gasteiger partial charge in [0.2, 0.25) is 0 Å². The molecule has 18 heavy (non-hydrogen) atoms. The molecule has 0 radical (unpaired) electrons.